The molecular weight excluding hydrogens is 371 g/mol. The fraction of sp³-hybridized carbons (Fsp3) is 0.867. The summed E-state index contributed by atoms with van der Waals surface area (Å²) in [4.78, 5) is 12.0. The number of nitrogens with zero attached hydrogens (tertiary/aromatic N) is 1. The van der Waals surface area contributed by atoms with Crippen LogP contribution in [0.25, 0.3) is 0 Å². The largest absolute Gasteiger partial charge is 0.287 e. The molecule has 0 fully saturated rings. The highest BCUT2D eigenvalue weighted by atomic mass is 33.1. The second-order valence-corrected chi connectivity index (χ2v) is 12.1. The molecular formula is C15H27NOS5. The monoisotopic (exact) mass is 397 g/mol. The van der Waals surface area contributed by atoms with E-state index in [1.807, 2.05) is 10.8 Å². The Bertz CT molecular complexity index is 343. The molecule has 0 heterocycles. The van der Waals surface area contributed by atoms with Gasteiger partial charge in [0, 0.05) is 34.8 Å². The van der Waals surface area contributed by atoms with Crippen molar-refractivity contribution in [2.75, 3.05) is 17.8 Å². The highest BCUT2D eigenvalue weighted by Gasteiger charge is 2.17. The molecule has 0 rings (SSSR count). The van der Waals surface area contributed by atoms with Gasteiger partial charge in [-0.1, -0.05) is 82.6 Å². The quantitative estimate of drug-likeness (QED) is 0.296. The number of hydrogen-bond donors (Lipinski definition) is 0. The molecule has 7 heteroatoms. The normalized spacial score (nSPS) is 14.1. The Hall–Kier alpha value is 0.910. The van der Waals surface area contributed by atoms with Crippen molar-refractivity contribution in [3.8, 4) is 6.07 Å². The van der Waals surface area contributed by atoms with E-state index in [1.165, 1.54) is 11.8 Å². The van der Waals surface area contributed by atoms with Gasteiger partial charge in [0.25, 0.3) is 0 Å². The maximum atomic E-state index is 12.0. The van der Waals surface area contributed by atoms with Crippen molar-refractivity contribution >= 4 is 60.1 Å². The van der Waals surface area contributed by atoms with Gasteiger partial charge in [0.1, 0.15) is 0 Å². The summed E-state index contributed by atoms with van der Waals surface area (Å²) in [5.41, 5.74) is 0. The summed E-state index contributed by atoms with van der Waals surface area (Å²) in [7, 11) is 7.14. The zero-order chi connectivity index (χ0) is 17.0. The maximum Gasteiger partial charge on any atom is 0.189 e. The Morgan fingerprint density at radius 3 is 2.23 bits per heavy atom. The molecule has 0 saturated heterocycles. The molecule has 0 radical (unpaired) electrons. The lowest BCUT2D eigenvalue weighted by Crippen LogP contribution is -2.14. The number of carbonyl (C=O) groups is 1. The smallest absolute Gasteiger partial charge is 0.189 e. The topological polar surface area (TPSA) is 40.9 Å². The standard InChI is InChI=1S/C15H27NOS5/c1-11(2)13(6-8-16)22-20-9-7-15(17)19-10-14(12(3)4)21-18-5/h11-14H,6-7,9-10H2,1-5H3. The minimum absolute atomic E-state index is 0.293. The van der Waals surface area contributed by atoms with Crippen LogP contribution in [0.2, 0.25) is 0 Å². The summed E-state index contributed by atoms with van der Waals surface area (Å²) in [6.07, 6.45) is 3.29. The van der Waals surface area contributed by atoms with Crippen molar-refractivity contribution in [2.24, 2.45) is 11.8 Å². The second kappa shape index (κ2) is 14.3. The number of hydrogen-bond acceptors (Lipinski definition) is 7. The summed E-state index contributed by atoms with van der Waals surface area (Å²) in [5, 5.41) is 10.00. The van der Waals surface area contributed by atoms with Gasteiger partial charge in [-0.3, -0.25) is 4.79 Å². The van der Waals surface area contributed by atoms with E-state index in [9.17, 15) is 4.79 Å². The molecule has 2 nitrogen and oxygen atoms in total. The molecule has 0 N–H and O–H groups in total. The van der Waals surface area contributed by atoms with Crippen LogP contribution in [-0.4, -0.2) is 33.4 Å². The van der Waals surface area contributed by atoms with Gasteiger partial charge in [-0.25, -0.2) is 0 Å². The molecule has 0 aromatic rings. The van der Waals surface area contributed by atoms with E-state index >= 15 is 0 Å². The molecule has 0 aliphatic carbocycles. The molecule has 0 aliphatic rings. The first-order valence-electron chi connectivity index (χ1n) is 7.42. The Kier molecular flexibility index (Phi) is 14.9. The molecule has 2 unspecified atom stereocenters. The first kappa shape index (κ1) is 22.9. The number of nitriles is 1. The van der Waals surface area contributed by atoms with E-state index in [-0.39, 0.29) is 0 Å². The molecule has 0 saturated carbocycles. The third-order valence-corrected chi connectivity index (χ3v) is 9.84. The van der Waals surface area contributed by atoms with Gasteiger partial charge in [-0.15, -0.1) is 0 Å². The lowest BCUT2D eigenvalue weighted by Gasteiger charge is -2.18. The van der Waals surface area contributed by atoms with E-state index in [2.05, 4.69) is 40.0 Å². The van der Waals surface area contributed by atoms with Gasteiger partial charge in [-0.2, -0.15) is 5.26 Å². The molecule has 0 bridgehead atoms. The van der Waals surface area contributed by atoms with Crippen molar-refractivity contribution < 1.29 is 4.79 Å². The summed E-state index contributed by atoms with van der Waals surface area (Å²) in [6, 6.07) is 2.24. The molecule has 128 valence electrons. The number of carbonyl (C=O) groups excluding carboxylic acids is 1. The second-order valence-electron chi connectivity index (χ2n) is 5.54. The third kappa shape index (κ3) is 11.4. The summed E-state index contributed by atoms with van der Waals surface area (Å²) in [6.45, 7) is 8.72. The van der Waals surface area contributed by atoms with Crippen molar-refractivity contribution in [3.05, 3.63) is 0 Å². The fourth-order valence-corrected chi connectivity index (χ4v) is 8.19. The Balaban J connectivity index is 3.88. The van der Waals surface area contributed by atoms with Crippen LogP contribution in [0.4, 0.5) is 0 Å². The first-order chi connectivity index (χ1) is 10.4. The molecule has 0 aliphatic heterocycles. The Morgan fingerprint density at radius 2 is 1.73 bits per heavy atom. The number of thioether (sulfide) groups is 1. The van der Waals surface area contributed by atoms with Gasteiger partial charge < -0.3 is 0 Å². The van der Waals surface area contributed by atoms with E-state index in [1.54, 1.807) is 32.4 Å². The van der Waals surface area contributed by atoms with Gasteiger partial charge in [0.15, 0.2) is 5.12 Å². The molecule has 2 atom stereocenters. The lowest BCUT2D eigenvalue weighted by atomic mass is 10.1. The first-order valence-corrected chi connectivity index (χ1v) is 13.4. The van der Waals surface area contributed by atoms with E-state index in [4.69, 9.17) is 5.26 Å². The van der Waals surface area contributed by atoms with Crippen LogP contribution < -0.4 is 0 Å². The van der Waals surface area contributed by atoms with Crippen LogP contribution in [-0.2, 0) is 4.79 Å². The maximum absolute atomic E-state index is 12.0. The van der Waals surface area contributed by atoms with Crippen molar-refractivity contribution in [2.45, 2.75) is 51.0 Å². The predicted octanol–water partition coefficient (Wildman–Crippen LogP) is 5.99. The van der Waals surface area contributed by atoms with Crippen LogP contribution in [0.3, 0.4) is 0 Å². The zero-order valence-electron chi connectivity index (χ0n) is 14.0. The lowest BCUT2D eigenvalue weighted by molar-refractivity contribution is -0.110. The van der Waals surface area contributed by atoms with Gasteiger partial charge in [0.05, 0.1) is 6.07 Å². The van der Waals surface area contributed by atoms with Crippen LogP contribution in [0.5, 0.6) is 0 Å². The summed E-state index contributed by atoms with van der Waals surface area (Å²) >= 11 is 1.48. The Labute approximate surface area is 156 Å². The van der Waals surface area contributed by atoms with Crippen LogP contribution >= 0.6 is 54.9 Å². The van der Waals surface area contributed by atoms with Crippen LogP contribution in [0, 0.1) is 23.2 Å². The van der Waals surface area contributed by atoms with E-state index in [0.717, 1.165) is 11.5 Å². The third-order valence-electron chi connectivity index (χ3n) is 2.99. The van der Waals surface area contributed by atoms with Crippen molar-refractivity contribution in [3.63, 3.8) is 0 Å². The average Bonchev–Trinajstić information content (AvgIpc) is 2.46. The van der Waals surface area contributed by atoms with Gasteiger partial charge >= 0.3 is 0 Å². The molecule has 0 aromatic carbocycles. The van der Waals surface area contributed by atoms with E-state index in [0.29, 0.717) is 40.3 Å². The molecule has 0 spiro atoms. The highest BCUT2D eigenvalue weighted by Crippen LogP contribution is 2.35. The molecule has 0 amide bonds. The van der Waals surface area contributed by atoms with E-state index < -0.39 is 0 Å². The van der Waals surface area contributed by atoms with Gasteiger partial charge in [0.2, 0.25) is 0 Å². The predicted molar refractivity (Wildman–Crippen MR) is 111 cm³/mol. The Morgan fingerprint density at radius 1 is 1.09 bits per heavy atom. The minimum Gasteiger partial charge on any atom is -0.287 e. The van der Waals surface area contributed by atoms with Crippen molar-refractivity contribution in [1.29, 1.82) is 5.26 Å². The summed E-state index contributed by atoms with van der Waals surface area (Å²) in [5.74, 6) is 2.84. The SMILES string of the molecule is CSSC(CSC(=O)CCSSC(CC#N)C(C)C)C(C)C. The highest BCUT2D eigenvalue weighted by molar-refractivity contribution is 8.77. The fourth-order valence-electron chi connectivity index (χ4n) is 1.43. The molecule has 22 heavy (non-hydrogen) atoms. The summed E-state index contributed by atoms with van der Waals surface area (Å²) < 4.78 is 0. The average molecular weight is 398 g/mol. The van der Waals surface area contributed by atoms with Crippen LogP contribution in [0.15, 0.2) is 0 Å². The minimum atomic E-state index is 0.293. The zero-order valence-corrected chi connectivity index (χ0v) is 18.1. The van der Waals surface area contributed by atoms with Crippen molar-refractivity contribution in [1.82, 2.24) is 0 Å². The number of rotatable bonds is 12. The molecule has 0 aromatic heterocycles. The van der Waals surface area contributed by atoms with Gasteiger partial charge in [-0.05, 0) is 18.1 Å². The van der Waals surface area contributed by atoms with Crippen LogP contribution in [0.1, 0.15) is 40.5 Å².